The molecular weight excluding hydrogens is 312 g/mol. The van der Waals surface area contributed by atoms with Gasteiger partial charge in [0.15, 0.2) is 0 Å². The fourth-order valence-electron chi connectivity index (χ4n) is 3.12. The number of amides is 1. The Kier molecular flexibility index (Phi) is 6.16. The Morgan fingerprint density at radius 1 is 1.43 bits per heavy atom. The normalized spacial score (nSPS) is 18.4. The molecule has 2 heterocycles. The van der Waals surface area contributed by atoms with Crippen LogP contribution in [0.5, 0.6) is 0 Å². The van der Waals surface area contributed by atoms with Gasteiger partial charge in [-0.2, -0.15) is 0 Å². The number of piperidine rings is 1. The van der Waals surface area contributed by atoms with Gasteiger partial charge in [0, 0.05) is 19.5 Å². The lowest BCUT2D eigenvalue weighted by Crippen LogP contribution is -2.40. The molecule has 128 valence electrons. The number of carboxylic acid groups (broad SMARTS) is 1. The van der Waals surface area contributed by atoms with Gasteiger partial charge in [-0.3, -0.25) is 9.59 Å². The maximum atomic E-state index is 12.9. The van der Waals surface area contributed by atoms with Gasteiger partial charge in [0.25, 0.3) is 5.91 Å². The first kappa shape index (κ1) is 17.9. The van der Waals surface area contributed by atoms with Gasteiger partial charge in [-0.25, -0.2) is 4.98 Å². The molecule has 1 unspecified atom stereocenters. The molecule has 1 aliphatic heterocycles. The molecule has 0 bridgehead atoms. The Balaban J connectivity index is 2.06. The second-order valence-corrected chi connectivity index (χ2v) is 8.00. The van der Waals surface area contributed by atoms with E-state index in [1.54, 1.807) is 0 Å². The summed E-state index contributed by atoms with van der Waals surface area (Å²) in [5, 5.41) is 9.77. The summed E-state index contributed by atoms with van der Waals surface area (Å²) in [6, 6.07) is 0. The number of carbonyl (C=O) groups excluding carboxylic acids is 1. The molecule has 1 aromatic heterocycles. The quantitative estimate of drug-likeness (QED) is 0.863. The van der Waals surface area contributed by atoms with E-state index in [1.165, 1.54) is 11.3 Å². The molecule has 0 radical (unpaired) electrons. The molecule has 1 fully saturated rings. The van der Waals surface area contributed by atoms with Crippen molar-refractivity contribution >= 4 is 23.2 Å². The Bertz CT molecular complexity index is 568. The monoisotopic (exact) mass is 338 g/mol. The molecule has 1 N–H and O–H groups in total. The van der Waals surface area contributed by atoms with Crippen LogP contribution in [0.25, 0.3) is 0 Å². The highest BCUT2D eigenvalue weighted by molar-refractivity contribution is 7.13. The average Bonchev–Trinajstić information content (AvgIpc) is 2.84. The van der Waals surface area contributed by atoms with Crippen LogP contribution in [0, 0.1) is 18.8 Å². The third-order valence-corrected chi connectivity index (χ3v) is 5.17. The standard InChI is InChI=1S/C17H26N2O3S/c1-11(2)9-14-16(23-12(3)18-14)17(22)19-8-4-5-13(10-19)6-7-15(20)21/h11,13H,4-10H2,1-3H3,(H,20,21). The van der Waals surface area contributed by atoms with Crippen LogP contribution in [-0.4, -0.2) is 40.0 Å². The first-order valence-electron chi connectivity index (χ1n) is 8.34. The molecule has 0 spiro atoms. The second kappa shape index (κ2) is 7.90. The fraction of sp³-hybridized carbons (Fsp3) is 0.706. The number of aliphatic carboxylic acids is 1. The molecule has 0 saturated carbocycles. The van der Waals surface area contributed by atoms with Crippen LogP contribution in [-0.2, 0) is 11.2 Å². The first-order chi connectivity index (χ1) is 10.9. The number of aromatic nitrogens is 1. The summed E-state index contributed by atoms with van der Waals surface area (Å²) in [6.07, 6.45) is 3.62. The highest BCUT2D eigenvalue weighted by Crippen LogP contribution is 2.27. The zero-order valence-electron chi connectivity index (χ0n) is 14.2. The molecule has 0 aromatic carbocycles. The number of hydrogen-bond acceptors (Lipinski definition) is 4. The minimum Gasteiger partial charge on any atom is -0.481 e. The molecule has 23 heavy (non-hydrogen) atoms. The van der Waals surface area contributed by atoms with Gasteiger partial charge >= 0.3 is 5.97 Å². The van der Waals surface area contributed by atoms with Crippen LogP contribution < -0.4 is 0 Å². The predicted molar refractivity (Wildman–Crippen MR) is 90.9 cm³/mol. The molecule has 1 aromatic rings. The van der Waals surface area contributed by atoms with E-state index >= 15 is 0 Å². The van der Waals surface area contributed by atoms with Crippen LogP contribution in [0.1, 0.15) is 59.9 Å². The summed E-state index contributed by atoms with van der Waals surface area (Å²) in [7, 11) is 0. The van der Waals surface area contributed by atoms with E-state index in [0.717, 1.165) is 41.4 Å². The summed E-state index contributed by atoms with van der Waals surface area (Å²) in [4.78, 5) is 30.8. The Labute approximate surface area is 141 Å². The van der Waals surface area contributed by atoms with E-state index in [9.17, 15) is 9.59 Å². The van der Waals surface area contributed by atoms with E-state index in [4.69, 9.17) is 5.11 Å². The van der Waals surface area contributed by atoms with Crippen LogP contribution in [0.3, 0.4) is 0 Å². The SMILES string of the molecule is Cc1nc(CC(C)C)c(C(=O)N2CCCC(CCC(=O)O)C2)s1. The second-order valence-electron chi connectivity index (χ2n) is 6.80. The van der Waals surface area contributed by atoms with Crippen molar-refractivity contribution in [3.63, 3.8) is 0 Å². The highest BCUT2D eigenvalue weighted by atomic mass is 32.1. The van der Waals surface area contributed by atoms with Gasteiger partial charge in [-0.15, -0.1) is 11.3 Å². The number of nitrogens with zero attached hydrogens (tertiary/aromatic N) is 2. The van der Waals surface area contributed by atoms with Crippen molar-refractivity contribution in [2.24, 2.45) is 11.8 Å². The van der Waals surface area contributed by atoms with E-state index in [2.05, 4.69) is 18.8 Å². The maximum absolute atomic E-state index is 12.9. The molecule has 0 aliphatic carbocycles. The Hall–Kier alpha value is -1.43. The summed E-state index contributed by atoms with van der Waals surface area (Å²) in [6.45, 7) is 7.64. The van der Waals surface area contributed by atoms with Gasteiger partial charge in [-0.1, -0.05) is 13.8 Å². The van der Waals surface area contributed by atoms with Crippen LogP contribution in [0.4, 0.5) is 0 Å². The van der Waals surface area contributed by atoms with Gasteiger partial charge in [0.1, 0.15) is 4.88 Å². The zero-order valence-corrected chi connectivity index (χ0v) is 15.0. The molecule has 5 nitrogen and oxygen atoms in total. The van der Waals surface area contributed by atoms with Crippen LogP contribution in [0.15, 0.2) is 0 Å². The maximum Gasteiger partial charge on any atom is 0.303 e. The lowest BCUT2D eigenvalue weighted by Gasteiger charge is -2.32. The Morgan fingerprint density at radius 3 is 2.83 bits per heavy atom. The topological polar surface area (TPSA) is 70.5 Å². The first-order valence-corrected chi connectivity index (χ1v) is 9.15. The molecule has 1 amide bonds. The highest BCUT2D eigenvalue weighted by Gasteiger charge is 2.28. The molecule has 2 rings (SSSR count). The van der Waals surface area contributed by atoms with Crippen molar-refractivity contribution in [3.05, 3.63) is 15.6 Å². The largest absolute Gasteiger partial charge is 0.481 e. The van der Waals surface area contributed by atoms with Crippen LogP contribution in [0.2, 0.25) is 0 Å². The number of thiazole rings is 1. The van der Waals surface area contributed by atoms with E-state index in [0.29, 0.717) is 24.8 Å². The fourth-order valence-corrected chi connectivity index (χ4v) is 4.03. The summed E-state index contributed by atoms with van der Waals surface area (Å²) >= 11 is 1.48. The van der Waals surface area contributed by atoms with E-state index in [1.807, 2.05) is 11.8 Å². The Morgan fingerprint density at radius 2 is 2.17 bits per heavy atom. The van der Waals surface area contributed by atoms with Gasteiger partial charge in [0.2, 0.25) is 0 Å². The lowest BCUT2D eigenvalue weighted by molar-refractivity contribution is -0.137. The summed E-state index contributed by atoms with van der Waals surface area (Å²) in [5.41, 5.74) is 0.917. The molecule has 6 heteroatoms. The van der Waals surface area contributed by atoms with Crippen molar-refractivity contribution in [1.82, 2.24) is 9.88 Å². The van der Waals surface area contributed by atoms with E-state index < -0.39 is 5.97 Å². The van der Waals surface area contributed by atoms with Crippen molar-refractivity contribution < 1.29 is 14.7 Å². The number of aryl methyl sites for hydroxylation is 1. The predicted octanol–water partition coefficient (Wildman–Crippen LogP) is 3.37. The molecule has 1 aliphatic rings. The molecule has 1 atom stereocenters. The van der Waals surface area contributed by atoms with E-state index in [-0.39, 0.29) is 12.3 Å². The smallest absolute Gasteiger partial charge is 0.303 e. The summed E-state index contributed by atoms with van der Waals surface area (Å²) in [5.74, 6) is 0.0797. The number of carboxylic acids is 1. The van der Waals surface area contributed by atoms with Crippen molar-refractivity contribution in [3.8, 4) is 0 Å². The average molecular weight is 338 g/mol. The molecule has 1 saturated heterocycles. The zero-order chi connectivity index (χ0) is 17.0. The minimum absolute atomic E-state index is 0.0753. The number of likely N-dealkylation sites (tertiary alicyclic amines) is 1. The van der Waals surface area contributed by atoms with Crippen molar-refractivity contribution in [2.75, 3.05) is 13.1 Å². The number of carbonyl (C=O) groups is 2. The number of rotatable bonds is 6. The lowest BCUT2D eigenvalue weighted by atomic mass is 9.93. The summed E-state index contributed by atoms with van der Waals surface area (Å²) < 4.78 is 0. The molecular formula is C17H26N2O3S. The third kappa shape index (κ3) is 5.03. The minimum atomic E-state index is -0.759. The van der Waals surface area contributed by atoms with Gasteiger partial charge in [0.05, 0.1) is 10.7 Å². The van der Waals surface area contributed by atoms with Gasteiger partial charge < -0.3 is 10.0 Å². The van der Waals surface area contributed by atoms with Crippen LogP contribution >= 0.6 is 11.3 Å². The van der Waals surface area contributed by atoms with Crippen molar-refractivity contribution in [1.29, 1.82) is 0 Å². The number of hydrogen-bond donors (Lipinski definition) is 1. The van der Waals surface area contributed by atoms with Gasteiger partial charge in [-0.05, 0) is 44.4 Å². The third-order valence-electron chi connectivity index (χ3n) is 4.17. The van der Waals surface area contributed by atoms with Crippen molar-refractivity contribution in [2.45, 2.75) is 52.9 Å².